The molecule has 1 aromatic carbocycles. The van der Waals surface area contributed by atoms with Crippen molar-refractivity contribution in [3.05, 3.63) is 78.6 Å². The number of halogens is 2. The quantitative estimate of drug-likeness (QED) is 0.701. The number of benzene rings is 1. The summed E-state index contributed by atoms with van der Waals surface area (Å²) in [6.07, 6.45) is 7.26. The van der Waals surface area contributed by atoms with Crippen LogP contribution in [0.4, 0.5) is 5.69 Å². The second kappa shape index (κ2) is 10.7. The van der Waals surface area contributed by atoms with E-state index in [9.17, 15) is 0 Å². The summed E-state index contributed by atoms with van der Waals surface area (Å²) in [5.41, 5.74) is 2.91. The van der Waals surface area contributed by atoms with E-state index >= 15 is 0 Å². The van der Waals surface area contributed by atoms with Crippen molar-refractivity contribution >= 4 is 47.7 Å². The van der Waals surface area contributed by atoms with E-state index in [1.807, 2.05) is 41.1 Å². The van der Waals surface area contributed by atoms with Crippen molar-refractivity contribution in [3.8, 4) is 0 Å². The van der Waals surface area contributed by atoms with Crippen molar-refractivity contribution < 1.29 is 5.48 Å². The zero-order chi connectivity index (χ0) is 14.5. The first-order valence-corrected chi connectivity index (χ1v) is 6.99. The first kappa shape index (κ1) is 22.0. The summed E-state index contributed by atoms with van der Waals surface area (Å²) in [6, 6.07) is 13.8. The second-order valence-electron chi connectivity index (χ2n) is 4.60. The Bertz CT molecular complexity index is 739. The van der Waals surface area contributed by atoms with Crippen LogP contribution < -0.4 is 5.32 Å². The fourth-order valence-electron chi connectivity index (χ4n) is 2.03. The number of aromatic nitrogens is 3. The Hall–Kier alpha value is -1.99. The summed E-state index contributed by atoms with van der Waals surface area (Å²) in [4.78, 5) is 8.91. The normalized spacial score (nSPS) is 9.00. The number of hydrogen-bond acceptors (Lipinski definition) is 3. The van der Waals surface area contributed by atoms with E-state index < -0.39 is 0 Å². The fourth-order valence-corrected chi connectivity index (χ4v) is 2.27. The lowest BCUT2D eigenvalue weighted by Crippen LogP contribution is -2.12. The van der Waals surface area contributed by atoms with E-state index in [0.717, 1.165) is 17.9 Å². The second-order valence-corrected chi connectivity index (χ2v) is 5.01. The lowest BCUT2D eigenvalue weighted by Gasteiger charge is -2.09. The van der Waals surface area contributed by atoms with Gasteiger partial charge in [-0.1, -0.05) is 30.4 Å². The number of imidazole rings is 1. The SMILES string of the molecule is Cl.Cl.O.S=C(Nc1cccc(Cn2ccnc2)c1)c1ccccn1. The third-order valence-electron chi connectivity index (χ3n) is 3.01. The highest BCUT2D eigenvalue weighted by Gasteiger charge is 2.03. The molecule has 0 unspecified atom stereocenters. The molecule has 0 saturated heterocycles. The number of nitrogens with zero attached hydrogens (tertiary/aromatic N) is 3. The van der Waals surface area contributed by atoms with Gasteiger partial charge in [0.1, 0.15) is 4.99 Å². The van der Waals surface area contributed by atoms with Crippen LogP contribution in [-0.2, 0) is 6.54 Å². The molecule has 24 heavy (non-hydrogen) atoms. The molecule has 128 valence electrons. The summed E-state index contributed by atoms with van der Waals surface area (Å²) in [6.45, 7) is 0.784. The van der Waals surface area contributed by atoms with Crippen LogP contribution in [0.15, 0.2) is 67.4 Å². The standard InChI is InChI=1S/C16H14N4S.2ClH.H2O/c21-16(15-6-1-2-7-18-15)19-14-5-3-4-13(10-14)11-20-9-8-17-12-20;;;/h1-10,12H,11H2,(H,19,21);2*1H;1H2. The van der Waals surface area contributed by atoms with E-state index in [2.05, 4.69) is 27.4 Å². The van der Waals surface area contributed by atoms with Gasteiger partial charge in [0.2, 0.25) is 0 Å². The maximum Gasteiger partial charge on any atom is 0.129 e. The van der Waals surface area contributed by atoms with Crippen molar-refractivity contribution in [2.24, 2.45) is 0 Å². The number of hydrogen-bond donors (Lipinski definition) is 1. The summed E-state index contributed by atoms with van der Waals surface area (Å²) in [7, 11) is 0. The Morgan fingerprint density at radius 2 is 1.92 bits per heavy atom. The van der Waals surface area contributed by atoms with Gasteiger partial charge in [0.05, 0.1) is 12.0 Å². The summed E-state index contributed by atoms with van der Waals surface area (Å²) in [5, 5.41) is 3.22. The van der Waals surface area contributed by atoms with E-state index in [4.69, 9.17) is 12.2 Å². The van der Waals surface area contributed by atoms with Gasteiger partial charge in [-0.25, -0.2) is 4.98 Å². The van der Waals surface area contributed by atoms with Crippen molar-refractivity contribution in [2.75, 3.05) is 5.32 Å². The van der Waals surface area contributed by atoms with Crippen LogP contribution in [0.3, 0.4) is 0 Å². The van der Waals surface area contributed by atoms with Crippen LogP contribution in [0.2, 0.25) is 0 Å². The molecule has 5 nitrogen and oxygen atoms in total. The minimum absolute atomic E-state index is 0. The number of anilines is 1. The Morgan fingerprint density at radius 1 is 1.08 bits per heavy atom. The van der Waals surface area contributed by atoms with Crippen molar-refractivity contribution in [1.29, 1.82) is 0 Å². The molecule has 0 aliphatic rings. The molecule has 0 radical (unpaired) electrons. The van der Waals surface area contributed by atoms with Crippen LogP contribution in [-0.4, -0.2) is 25.0 Å². The molecule has 3 aromatic rings. The Kier molecular flexibility index (Phi) is 9.83. The van der Waals surface area contributed by atoms with Gasteiger partial charge in [0, 0.05) is 30.8 Å². The van der Waals surface area contributed by atoms with Gasteiger partial charge in [-0.15, -0.1) is 24.8 Å². The maximum atomic E-state index is 5.37. The van der Waals surface area contributed by atoms with Gasteiger partial charge in [0.15, 0.2) is 0 Å². The average molecular weight is 385 g/mol. The lowest BCUT2D eigenvalue weighted by atomic mass is 10.2. The van der Waals surface area contributed by atoms with Crippen LogP contribution in [0.1, 0.15) is 11.3 Å². The third-order valence-corrected chi connectivity index (χ3v) is 3.32. The Balaban J connectivity index is 0.00000176. The first-order valence-electron chi connectivity index (χ1n) is 6.58. The average Bonchev–Trinajstić information content (AvgIpc) is 3.01. The first-order chi connectivity index (χ1) is 10.3. The number of thiocarbonyl (C=S) groups is 1. The molecule has 0 amide bonds. The number of rotatable bonds is 4. The third kappa shape index (κ3) is 5.90. The van der Waals surface area contributed by atoms with Gasteiger partial charge in [-0.05, 0) is 29.8 Å². The van der Waals surface area contributed by atoms with E-state index in [1.54, 1.807) is 18.7 Å². The summed E-state index contributed by atoms with van der Waals surface area (Å²) >= 11 is 5.37. The van der Waals surface area contributed by atoms with Crippen molar-refractivity contribution in [1.82, 2.24) is 14.5 Å². The molecular weight excluding hydrogens is 367 g/mol. The van der Waals surface area contributed by atoms with Crippen LogP contribution in [0, 0.1) is 0 Å². The molecule has 0 atom stereocenters. The molecule has 2 aromatic heterocycles. The molecule has 3 rings (SSSR count). The minimum atomic E-state index is 0. The van der Waals surface area contributed by atoms with Crippen LogP contribution in [0.25, 0.3) is 0 Å². The fraction of sp³-hybridized carbons (Fsp3) is 0.0625. The smallest absolute Gasteiger partial charge is 0.129 e. The highest BCUT2D eigenvalue weighted by molar-refractivity contribution is 7.81. The molecule has 0 spiro atoms. The van der Waals surface area contributed by atoms with Gasteiger partial charge in [0.25, 0.3) is 0 Å². The van der Waals surface area contributed by atoms with Crippen molar-refractivity contribution in [3.63, 3.8) is 0 Å². The summed E-state index contributed by atoms with van der Waals surface area (Å²) in [5.74, 6) is 0. The van der Waals surface area contributed by atoms with E-state index in [0.29, 0.717) is 4.99 Å². The molecule has 8 heteroatoms. The molecule has 0 bridgehead atoms. The molecule has 0 aliphatic heterocycles. The predicted molar refractivity (Wildman–Crippen MR) is 105 cm³/mol. The van der Waals surface area contributed by atoms with E-state index in [-0.39, 0.29) is 30.3 Å². The monoisotopic (exact) mass is 384 g/mol. The predicted octanol–water partition coefficient (Wildman–Crippen LogP) is 3.13. The van der Waals surface area contributed by atoms with E-state index in [1.165, 1.54) is 5.56 Å². The molecule has 2 heterocycles. The largest absolute Gasteiger partial charge is 0.412 e. The van der Waals surface area contributed by atoms with Gasteiger partial charge in [-0.3, -0.25) is 4.98 Å². The number of pyridine rings is 1. The molecule has 0 fully saturated rings. The van der Waals surface area contributed by atoms with Crippen molar-refractivity contribution in [2.45, 2.75) is 6.54 Å². The number of nitrogens with one attached hydrogen (secondary N) is 1. The molecule has 3 N–H and O–H groups in total. The minimum Gasteiger partial charge on any atom is -0.412 e. The lowest BCUT2D eigenvalue weighted by molar-refractivity contribution is 0.798. The highest BCUT2D eigenvalue weighted by atomic mass is 35.5. The zero-order valence-corrected chi connectivity index (χ0v) is 15.1. The topological polar surface area (TPSA) is 74.2 Å². The summed E-state index contributed by atoms with van der Waals surface area (Å²) < 4.78 is 2.02. The highest BCUT2D eigenvalue weighted by Crippen LogP contribution is 2.13. The Labute approximate surface area is 158 Å². The Morgan fingerprint density at radius 3 is 2.58 bits per heavy atom. The zero-order valence-electron chi connectivity index (χ0n) is 12.6. The van der Waals surface area contributed by atoms with Gasteiger partial charge < -0.3 is 15.4 Å². The molecule has 0 aliphatic carbocycles. The molecular formula is C16H18Cl2N4OS. The van der Waals surface area contributed by atoms with Gasteiger partial charge >= 0.3 is 0 Å². The molecule has 0 saturated carbocycles. The van der Waals surface area contributed by atoms with Gasteiger partial charge in [-0.2, -0.15) is 0 Å². The van der Waals surface area contributed by atoms with Crippen LogP contribution >= 0.6 is 37.0 Å². The maximum absolute atomic E-state index is 5.37. The van der Waals surface area contributed by atoms with Crippen LogP contribution in [0.5, 0.6) is 0 Å².